The largest absolute Gasteiger partial charge is 0.106 e. The normalized spacial score (nSPS) is 10.7. The van der Waals surface area contributed by atoms with Crippen molar-refractivity contribution >= 4 is 22.5 Å². The molecule has 0 aliphatic carbocycles. The van der Waals surface area contributed by atoms with Crippen molar-refractivity contribution < 1.29 is 0 Å². The molecule has 0 heterocycles. The molecule has 0 aromatic heterocycles. The SMILES string of the molecule is SSc1ccc(-c2ccccc2)c(-c2ccccc2)c1-c1ccccc1. The van der Waals surface area contributed by atoms with Crippen molar-refractivity contribution in [2.24, 2.45) is 0 Å². The average molecular weight is 371 g/mol. The Morgan fingerprint density at radius 1 is 0.462 bits per heavy atom. The first-order valence-corrected chi connectivity index (χ1v) is 10.4. The lowest BCUT2D eigenvalue weighted by atomic mass is 9.87. The lowest BCUT2D eigenvalue weighted by Gasteiger charge is -2.19. The molecule has 0 atom stereocenters. The van der Waals surface area contributed by atoms with Gasteiger partial charge in [0.05, 0.1) is 0 Å². The van der Waals surface area contributed by atoms with Crippen LogP contribution in [-0.4, -0.2) is 0 Å². The molecule has 0 N–H and O–H groups in total. The molecule has 26 heavy (non-hydrogen) atoms. The molecule has 0 aliphatic rings. The summed E-state index contributed by atoms with van der Waals surface area (Å²) < 4.78 is 0. The van der Waals surface area contributed by atoms with Gasteiger partial charge in [-0.2, -0.15) is 0 Å². The Kier molecular flexibility index (Phi) is 5.14. The molecular weight excluding hydrogens is 352 g/mol. The summed E-state index contributed by atoms with van der Waals surface area (Å²) >= 11 is 4.53. The van der Waals surface area contributed by atoms with Gasteiger partial charge in [-0.3, -0.25) is 0 Å². The van der Waals surface area contributed by atoms with Crippen molar-refractivity contribution in [2.45, 2.75) is 4.90 Å². The Balaban J connectivity index is 2.09. The van der Waals surface area contributed by atoms with Crippen LogP contribution in [0, 0.1) is 0 Å². The van der Waals surface area contributed by atoms with Crippen LogP contribution in [0.4, 0.5) is 0 Å². The topological polar surface area (TPSA) is 0 Å². The van der Waals surface area contributed by atoms with Crippen LogP contribution in [0.15, 0.2) is 108 Å². The van der Waals surface area contributed by atoms with E-state index in [0.29, 0.717) is 0 Å². The van der Waals surface area contributed by atoms with E-state index >= 15 is 0 Å². The molecule has 0 spiro atoms. The maximum absolute atomic E-state index is 4.53. The molecule has 4 aromatic rings. The molecule has 0 aliphatic heterocycles. The maximum atomic E-state index is 4.53. The Bertz CT molecular complexity index is 994. The Hall–Kier alpha value is -2.42. The number of rotatable bonds is 4. The Morgan fingerprint density at radius 3 is 1.42 bits per heavy atom. The van der Waals surface area contributed by atoms with Gasteiger partial charge >= 0.3 is 0 Å². The smallest absolute Gasteiger partial charge is 0.0265 e. The molecule has 0 nitrogen and oxygen atoms in total. The van der Waals surface area contributed by atoms with Gasteiger partial charge in [-0.1, -0.05) is 108 Å². The van der Waals surface area contributed by atoms with Gasteiger partial charge in [-0.05, 0) is 33.9 Å². The highest BCUT2D eigenvalue weighted by molar-refractivity contribution is 8.68. The van der Waals surface area contributed by atoms with E-state index in [1.165, 1.54) is 44.2 Å². The summed E-state index contributed by atoms with van der Waals surface area (Å²) in [6.07, 6.45) is 0. The number of benzene rings is 4. The third kappa shape index (κ3) is 3.31. The lowest BCUT2D eigenvalue weighted by Crippen LogP contribution is -1.92. The molecule has 0 saturated heterocycles. The van der Waals surface area contributed by atoms with Crippen LogP contribution in [0.5, 0.6) is 0 Å². The monoisotopic (exact) mass is 370 g/mol. The number of hydrogen-bond donors (Lipinski definition) is 1. The second kappa shape index (κ2) is 7.86. The lowest BCUT2D eigenvalue weighted by molar-refractivity contribution is 1.44. The van der Waals surface area contributed by atoms with E-state index in [1.54, 1.807) is 0 Å². The molecule has 4 rings (SSSR count). The zero-order valence-electron chi connectivity index (χ0n) is 14.2. The summed E-state index contributed by atoms with van der Waals surface area (Å²) in [5, 5.41) is 0. The summed E-state index contributed by atoms with van der Waals surface area (Å²) in [5.74, 6) is 0. The highest BCUT2D eigenvalue weighted by atomic mass is 33.1. The van der Waals surface area contributed by atoms with E-state index in [1.807, 2.05) is 0 Å². The van der Waals surface area contributed by atoms with Crippen molar-refractivity contribution in [3.63, 3.8) is 0 Å². The van der Waals surface area contributed by atoms with Gasteiger partial charge in [0.1, 0.15) is 0 Å². The van der Waals surface area contributed by atoms with Crippen molar-refractivity contribution in [2.75, 3.05) is 0 Å². The first-order chi connectivity index (χ1) is 12.9. The molecule has 0 saturated carbocycles. The van der Waals surface area contributed by atoms with Gasteiger partial charge < -0.3 is 0 Å². The molecule has 4 aromatic carbocycles. The third-order valence-corrected chi connectivity index (χ3v) is 5.60. The molecule has 0 unspecified atom stereocenters. The second-order valence-corrected chi connectivity index (χ2v) is 7.22. The van der Waals surface area contributed by atoms with E-state index in [4.69, 9.17) is 0 Å². The van der Waals surface area contributed by atoms with Crippen molar-refractivity contribution in [1.29, 1.82) is 0 Å². The van der Waals surface area contributed by atoms with Gasteiger partial charge in [0.2, 0.25) is 0 Å². The Labute approximate surface area is 163 Å². The molecular formula is C24H18S2. The fourth-order valence-electron chi connectivity index (χ4n) is 3.31. The molecule has 126 valence electrons. The first-order valence-electron chi connectivity index (χ1n) is 8.53. The van der Waals surface area contributed by atoms with E-state index in [9.17, 15) is 0 Å². The molecule has 0 radical (unpaired) electrons. The quantitative estimate of drug-likeness (QED) is 0.285. The molecule has 0 fully saturated rings. The predicted octanol–water partition coefficient (Wildman–Crippen LogP) is 7.62. The van der Waals surface area contributed by atoms with Gasteiger partial charge in [-0.25, -0.2) is 0 Å². The van der Waals surface area contributed by atoms with Crippen LogP contribution in [-0.2, 0) is 0 Å². The standard InChI is InChI=1S/C24H18S2/c25-26-22-17-16-21(18-10-4-1-5-11-18)23(19-12-6-2-7-13-19)24(22)20-14-8-3-9-15-20/h1-17,25H. The fourth-order valence-corrected chi connectivity index (χ4v) is 4.21. The van der Waals surface area contributed by atoms with Crippen molar-refractivity contribution in [3.8, 4) is 33.4 Å². The van der Waals surface area contributed by atoms with Crippen LogP contribution >= 0.6 is 22.5 Å². The minimum Gasteiger partial charge on any atom is -0.106 e. The minimum absolute atomic E-state index is 1.16. The number of hydrogen-bond acceptors (Lipinski definition) is 2. The fraction of sp³-hybridized carbons (Fsp3) is 0. The molecule has 0 amide bonds. The summed E-state index contributed by atoms with van der Waals surface area (Å²) in [5.41, 5.74) is 7.37. The van der Waals surface area contributed by atoms with Crippen LogP contribution in [0.1, 0.15) is 0 Å². The van der Waals surface area contributed by atoms with E-state index in [2.05, 4.69) is 115 Å². The zero-order valence-corrected chi connectivity index (χ0v) is 15.9. The summed E-state index contributed by atoms with van der Waals surface area (Å²) in [6, 6.07) is 36.2. The summed E-state index contributed by atoms with van der Waals surface area (Å²) in [4.78, 5) is 1.16. The van der Waals surface area contributed by atoms with Crippen LogP contribution in [0.25, 0.3) is 33.4 Å². The van der Waals surface area contributed by atoms with Crippen molar-refractivity contribution in [1.82, 2.24) is 0 Å². The van der Waals surface area contributed by atoms with Gasteiger partial charge in [0.15, 0.2) is 0 Å². The highest BCUT2D eigenvalue weighted by Crippen LogP contribution is 2.45. The van der Waals surface area contributed by atoms with Crippen LogP contribution in [0.3, 0.4) is 0 Å². The van der Waals surface area contributed by atoms with E-state index in [0.717, 1.165) is 4.90 Å². The molecule has 2 heteroatoms. The summed E-state index contributed by atoms with van der Waals surface area (Å²) in [6.45, 7) is 0. The average Bonchev–Trinajstić information content (AvgIpc) is 2.74. The predicted molar refractivity (Wildman–Crippen MR) is 118 cm³/mol. The number of thiol groups is 1. The van der Waals surface area contributed by atoms with Crippen LogP contribution < -0.4 is 0 Å². The van der Waals surface area contributed by atoms with E-state index in [-0.39, 0.29) is 0 Å². The Morgan fingerprint density at radius 2 is 0.923 bits per heavy atom. The van der Waals surface area contributed by atoms with Gasteiger partial charge in [0, 0.05) is 10.5 Å². The minimum atomic E-state index is 1.16. The van der Waals surface area contributed by atoms with Crippen molar-refractivity contribution in [3.05, 3.63) is 103 Å². The van der Waals surface area contributed by atoms with Gasteiger partial charge in [-0.15, -0.1) is 11.7 Å². The molecule has 0 bridgehead atoms. The third-order valence-electron chi connectivity index (χ3n) is 4.48. The highest BCUT2D eigenvalue weighted by Gasteiger charge is 2.17. The second-order valence-electron chi connectivity index (χ2n) is 6.05. The maximum Gasteiger partial charge on any atom is 0.0265 e. The zero-order chi connectivity index (χ0) is 17.8. The van der Waals surface area contributed by atoms with Crippen LogP contribution in [0.2, 0.25) is 0 Å². The summed E-state index contributed by atoms with van der Waals surface area (Å²) in [7, 11) is 1.50. The first kappa shape index (κ1) is 17.0. The van der Waals surface area contributed by atoms with E-state index < -0.39 is 0 Å². The van der Waals surface area contributed by atoms with Gasteiger partial charge in [0.25, 0.3) is 0 Å².